The van der Waals surface area contributed by atoms with E-state index in [1.54, 1.807) is 31.5 Å². The van der Waals surface area contributed by atoms with Crippen LogP contribution in [0.1, 0.15) is 11.9 Å². The van der Waals surface area contributed by atoms with E-state index in [2.05, 4.69) is 9.29 Å². The van der Waals surface area contributed by atoms with Crippen molar-refractivity contribution in [1.29, 1.82) is 0 Å². The second kappa shape index (κ2) is 12.5. The van der Waals surface area contributed by atoms with Gasteiger partial charge in [0.2, 0.25) is 0 Å². The molecule has 0 radical (unpaired) electrons. The Kier molecular flexibility index (Phi) is 9.34. The normalized spacial score (nSPS) is 22.1. The van der Waals surface area contributed by atoms with Crippen LogP contribution in [0.5, 0.6) is 5.75 Å². The number of aromatic nitrogens is 3. The summed E-state index contributed by atoms with van der Waals surface area (Å²) < 4.78 is 22.0. The molecule has 3 aromatic rings. The number of para-hydroxylation sites is 1. The molecule has 3 heterocycles. The molecule has 0 saturated carbocycles. The molecule has 1 fully saturated rings. The highest BCUT2D eigenvalue weighted by Crippen LogP contribution is 2.46. The highest BCUT2D eigenvalue weighted by molar-refractivity contribution is 7.54. The Morgan fingerprint density at radius 3 is 2.58 bits per heavy atom. The molecule has 1 aliphatic rings. The molecule has 5 atom stereocenters. The molecule has 0 aliphatic carbocycles. The predicted molar refractivity (Wildman–Crippen MR) is 134 cm³/mol. The van der Waals surface area contributed by atoms with Crippen molar-refractivity contribution in [1.82, 2.24) is 14.1 Å². The Morgan fingerprint density at radius 1 is 1.08 bits per heavy atom. The Hall–Kier alpha value is -2.61. The fraction of sp³-hybridized carbons (Fsp3) is 0.318. The third-order valence-electron chi connectivity index (χ3n) is 5.75. The minimum Gasteiger partial charge on any atom is -0.496 e. The lowest BCUT2D eigenvalue weighted by molar-refractivity contribution is -0.0530. The van der Waals surface area contributed by atoms with Gasteiger partial charge in [0, 0.05) is 24.0 Å². The molecule has 5 N–H and O–H groups in total. The molecular formula is C22H25N3O11P2. The zero-order valence-corrected chi connectivity index (χ0v) is 21.6. The number of hydrogen-bond donors (Lipinski definition) is 5. The van der Waals surface area contributed by atoms with Crippen molar-refractivity contribution in [3.63, 3.8) is 0 Å². The molecule has 38 heavy (non-hydrogen) atoms. The predicted octanol–water partition coefficient (Wildman–Crippen LogP) is 0.212. The molecule has 16 heteroatoms. The van der Waals surface area contributed by atoms with Gasteiger partial charge in [-0.15, -0.1) is 0 Å². The van der Waals surface area contributed by atoms with Crippen LogP contribution >= 0.6 is 17.2 Å². The summed E-state index contributed by atoms with van der Waals surface area (Å²) in [7, 11) is -3.99. The van der Waals surface area contributed by atoms with E-state index in [1.807, 2.05) is 18.2 Å². The van der Waals surface area contributed by atoms with Crippen LogP contribution in [0, 0.1) is 0 Å². The first-order valence-electron chi connectivity index (χ1n) is 11.1. The van der Waals surface area contributed by atoms with E-state index in [1.165, 1.54) is 0 Å². The smallest absolute Gasteiger partial charge is 0.337 e. The lowest BCUT2D eigenvalue weighted by Crippen LogP contribution is -2.43. The second-order valence-electron chi connectivity index (χ2n) is 8.08. The van der Waals surface area contributed by atoms with Gasteiger partial charge in [-0.2, -0.15) is 0 Å². The number of methoxy groups -OCH3 is 1. The van der Waals surface area contributed by atoms with Crippen molar-refractivity contribution < 1.29 is 43.2 Å². The molecule has 2 aromatic heterocycles. The van der Waals surface area contributed by atoms with Crippen molar-refractivity contribution in [2.45, 2.75) is 31.1 Å². The Morgan fingerprint density at radius 2 is 1.84 bits per heavy atom. The molecular weight excluding hydrogens is 544 g/mol. The Balaban J connectivity index is 1.56. The van der Waals surface area contributed by atoms with Gasteiger partial charge in [0.25, 0.3) is 5.56 Å². The van der Waals surface area contributed by atoms with Gasteiger partial charge >= 0.3 is 22.9 Å². The van der Waals surface area contributed by atoms with E-state index in [0.29, 0.717) is 11.4 Å². The highest BCUT2D eigenvalue weighted by atomic mass is 31.2. The number of rotatable bonds is 10. The standard InChI is InChI=1S/C22H25N3O11P2/c1-33-16-5-3-2-4-15(16)13-6-8-23-14(10-13)11-25-18(26)7-9-24(22(25)29)21-20(28)19(27)17(35-21)12-34-38(32)36-37(30)31/h2-10,17,19-21,27-28,30-32H,11-12H2,1H3. The maximum absolute atomic E-state index is 13.2. The zero-order chi connectivity index (χ0) is 27.4. The Bertz CT molecular complexity index is 1370. The quantitative estimate of drug-likeness (QED) is 0.209. The minimum absolute atomic E-state index is 0.184. The number of ether oxygens (including phenoxy) is 2. The number of benzene rings is 1. The van der Waals surface area contributed by atoms with Crippen molar-refractivity contribution in [2.75, 3.05) is 13.7 Å². The average Bonchev–Trinajstić information content (AvgIpc) is 3.18. The summed E-state index contributed by atoms with van der Waals surface area (Å²) in [4.78, 5) is 57.1. The fourth-order valence-corrected chi connectivity index (χ4v) is 4.93. The molecule has 0 amide bonds. The third-order valence-corrected chi connectivity index (χ3v) is 7.27. The van der Waals surface area contributed by atoms with Gasteiger partial charge in [-0.1, -0.05) is 18.2 Å². The van der Waals surface area contributed by atoms with Crippen molar-refractivity contribution in [2.24, 2.45) is 0 Å². The maximum Gasteiger partial charge on any atom is 0.337 e. The monoisotopic (exact) mass is 569 g/mol. The number of pyridine rings is 1. The van der Waals surface area contributed by atoms with Gasteiger partial charge < -0.3 is 38.9 Å². The molecule has 204 valence electrons. The number of hydrogen-bond acceptors (Lipinski definition) is 12. The van der Waals surface area contributed by atoms with E-state index in [9.17, 15) is 24.7 Å². The van der Waals surface area contributed by atoms with E-state index in [-0.39, 0.29) is 6.54 Å². The Labute approximate surface area is 217 Å². The van der Waals surface area contributed by atoms with Crippen molar-refractivity contribution >= 4 is 17.2 Å². The number of aliphatic hydroxyl groups excluding tert-OH is 2. The van der Waals surface area contributed by atoms with Crippen LogP contribution in [0.25, 0.3) is 11.1 Å². The van der Waals surface area contributed by atoms with Gasteiger partial charge in [-0.05, 0) is 23.8 Å². The van der Waals surface area contributed by atoms with Crippen LogP contribution in [0.15, 0.2) is 64.4 Å². The average molecular weight is 569 g/mol. The van der Waals surface area contributed by atoms with Crippen LogP contribution in [0.2, 0.25) is 0 Å². The van der Waals surface area contributed by atoms with E-state index in [4.69, 9.17) is 23.8 Å². The first-order valence-corrected chi connectivity index (χ1v) is 13.4. The first kappa shape index (κ1) is 28.4. The van der Waals surface area contributed by atoms with Crippen molar-refractivity contribution in [3.05, 3.63) is 81.4 Å². The zero-order valence-electron chi connectivity index (χ0n) is 19.8. The van der Waals surface area contributed by atoms with E-state index in [0.717, 1.165) is 32.5 Å². The molecule has 1 aromatic carbocycles. The summed E-state index contributed by atoms with van der Waals surface area (Å²) in [5, 5.41) is 20.9. The summed E-state index contributed by atoms with van der Waals surface area (Å²) in [6, 6.07) is 12.0. The van der Waals surface area contributed by atoms with Gasteiger partial charge in [-0.25, -0.2) is 9.11 Å². The summed E-state index contributed by atoms with van der Waals surface area (Å²) in [6.45, 7) is -0.676. The first-order chi connectivity index (χ1) is 18.2. The third kappa shape index (κ3) is 6.33. The van der Waals surface area contributed by atoms with Crippen molar-refractivity contribution in [3.8, 4) is 16.9 Å². The van der Waals surface area contributed by atoms with Gasteiger partial charge in [0.05, 0.1) is 26.0 Å². The molecule has 1 aliphatic heterocycles. The van der Waals surface area contributed by atoms with Crippen LogP contribution in [-0.2, 0) is 20.1 Å². The van der Waals surface area contributed by atoms with Crippen LogP contribution in [-0.4, -0.2) is 71.0 Å². The SMILES string of the molecule is COc1ccccc1-c1ccnc(Cn2c(=O)ccn(C3OC(COP(O)OP(O)O)C(O)C3O)c2=O)c1. The summed E-state index contributed by atoms with van der Waals surface area (Å²) in [5.41, 5.74) is 0.538. The summed E-state index contributed by atoms with van der Waals surface area (Å²) >= 11 is 0. The topological polar surface area (TPSA) is 195 Å². The molecule has 1 saturated heterocycles. The molecule has 0 spiro atoms. The lowest BCUT2D eigenvalue weighted by atomic mass is 10.0. The molecule has 0 bridgehead atoms. The number of nitrogens with zero attached hydrogens (tertiary/aromatic N) is 3. The highest BCUT2D eigenvalue weighted by Gasteiger charge is 2.44. The fourth-order valence-electron chi connectivity index (χ4n) is 3.97. The second-order valence-corrected chi connectivity index (χ2v) is 9.97. The maximum atomic E-state index is 13.2. The molecule has 5 unspecified atom stereocenters. The number of aliphatic hydroxyl groups is 2. The van der Waals surface area contributed by atoms with Crippen LogP contribution in [0.3, 0.4) is 0 Å². The summed E-state index contributed by atoms with van der Waals surface area (Å²) in [6.07, 6.45) is -3.02. The van der Waals surface area contributed by atoms with Crippen LogP contribution in [0.4, 0.5) is 0 Å². The lowest BCUT2D eigenvalue weighted by Gasteiger charge is -2.19. The van der Waals surface area contributed by atoms with E-state index >= 15 is 0 Å². The van der Waals surface area contributed by atoms with Gasteiger partial charge in [0.15, 0.2) is 6.23 Å². The van der Waals surface area contributed by atoms with E-state index < -0.39 is 59.6 Å². The molecule has 14 nitrogen and oxygen atoms in total. The molecule has 4 rings (SSSR count). The minimum atomic E-state index is -2.87. The largest absolute Gasteiger partial charge is 0.496 e. The summed E-state index contributed by atoms with van der Waals surface area (Å²) in [5.74, 6) is 0.641. The van der Waals surface area contributed by atoms with Gasteiger partial charge in [-0.3, -0.25) is 18.9 Å². The van der Waals surface area contributed by atoms with Gasteiger partial charge in [0.1, 0.15) is 24.1 Å². The van der Waals surface area contributed by atoms with Crippen LogP contribution < -0.4 is 16.0 Å².